The van der Waals surface area contributed by atoms with E-state index in [0.717, 1.165) is 0 Å². The number of nitrogens with one attached hydrogen (secondary N) is 1. The SMILES string of the molecule is O=C(O)C1=[NH+]C(C(=O)O)CC(/C=C/n2c(C(=O)O)cc3cc(O)c(O)cc32)=C1. The van der Waals surface area contributed by atoms with E-state index in [-0.39, 0.29) is 23.3 Å². The van der Waals surface area contributed by atoms with Crippen LogP contribution in [0.5, 0.6) is 11.5 Å². The smallest absolute Gasteiger partial charge is 0.400 e. The van der Waals surface area contributed by atoms with Crippen LogP contribution in [-0.4, -0.2) is 59.8 Å². The highest BCUT2D eigenvalue weighted by atomic mass is 16.4. The lowest BCUT2D eigenvalue weighted by atomic mass is 10.0. The Morgan fingerprint density at radius 2 is 1.71 bits per heavy atom. The molecule has 10 heteroatoms. The second-order valence-electron chi connectivity index (χ2n) is 6.10. The van der Waals surface area contributed by atoms with Crippen LogP contribution >= 0.6 is 0 Å². The molecule has 1 atom stereocenters. The van der Waals surface area contributed by atoms with E-state index in [1.54, 1.807) is 0 Å². The van der Waals surface area contributed by atoms with E-state index < -0.39 is 35.4 Å². The number of aromatic carboxylic acids is 1. The quantitative estimate of drug-likeness (QED) is 0.377. The fourth-order valence-electron chi connectivity index (χ4n) is 2.90. The Hall–Kier alpha value is -4.08. The number of carboxylic acids is 3. The van der Waals surface area contributed by atoms with Crippen molar-refractivity contribution in [1.82, 2.24) is 4.57 Å². The molecule has 1 unspecified atom stereocenters. The molecule has 3 rings (SSSR count). The Balaban J connectivity index is 2.07. The Bertz CT molecular complexity index is 1110. The van der Waals surface area contributed by atoms with E-state index in [2.05, 4.69) is 4.99 Å². The molecule has 2 aromatic rings. The second-order valence-corrected chi connectivity index (χ2v) is 6.10. The Morgan fingerprint density at radius 3 is 2.32 bits per heavy atom. The summed E-state index contributed by atoms with van der Waals surface area (Å²) in [5, 5.41) is 47.4. The van der Waals surface area contributed by atoms with Gasteiger partial charge in [0.25, 0.3) is 11.8 Å². The zero-order valence-electron chi connectivity index (χ0n) is 14.2. The average molecular weight is 387 g/mol. The minimum Gasteiger partial charge on any atom is -0.504 e. The molecule has 6 N–H and O–H groups in total. The second kappa shape index (κ2) is 6.91. The van der Waals surface area contributed by atoms with Crippen molar-refractivity contribution < 1.29 is 44.9 Å². The molecule has 10 nitrogen and oxygen atoms in total. The number of nitrogens with zero attached hydrogens (tertiary/aromatic N) is 1. The average Bonchev–Trinajstić information content (AvgIpc) is 2.97. The number of allylic oxidation sites excluding steroid dienone is 1. The lowest BCUT2D eigenvalue weighted by molar-refractivity contribution is -0.489. The van der Waals surface area contributed by atoms with Crippen LogP contribution in [0.4, 0.5) is 0 Å². The van der Waals surface area contributed by atoms with Crippen LogP contribution in [0.25, 0.3) is 17.1 Å². The van der Waals surface area contributed by atoms with E-state index >= 15 is 0 Å². The summed E-state index contributed by atoms with van der Waals surface area (Å²) in [6, 6.07) is 2.55. The molecule has 2 heterocycles. The first-order chi connectivity index (χ1) is 13.2. The number of carbonyl (C=O) groups is 3. The third-order valence-electron chi connectivity index (χ3n) is 4.22. The van der Waals surface area contributed by atoms with Gasteiger partial charge in [-0.15, -0.1) is 0 Å². The number of hydrogen-bond acceptors (Lipinski definition) is 5. The molecule has 0 fully saturated rings. The van der Waals surface area contributed by atoms with Crippen molar-refractivity contribution in [3.8, 4) is 11.5 Å². The maximum Gasteiger partial charge on any atom is 0.400 e. The van der Waals surface area contributed by atoms with Crippen LogP contribution in [0.1, 0.15) is 16.9 Å². The summed E-state index contributed by atoms with van der Waals surface area (Å²) in [6.07, 6.45) is 3.97. The molecule has 0 bridgehead atoms. The van der Waals surface area contributed by atoms with E-state index in [9.17, 15) is 29.7 Å². The fourth-order valence-corrected chi connectivity index (χ4v) is 2.90. The van der Waals surface area contributed by atoms with Gasteiger partial charge in [-0.2, -0.15) is 0 Å². The van der Waals surface area contributed by atoms with E-state index in [0.29, 0.717) is 11.0 Å². The molecule has 0 saturated heterocycles. The number of aliphatic carboxylic acids is 2. The molecule has 1 aromatic heterocycles. The molecule has 1 aliphatic heterocycles. The standard InChI is InChI=1S/C18H14N2O8/c21-14-6-9-5-13(18(27)28)20(12(9)7-15(14)22)2-1-8-3-10(16(23)24)19-11(4-8)17(25)26/h1-3,5-7,11,21-22H,4H2,(H,23,24)(H,25,26)(H,27,28)/p+1/b2-1+. The van der Waals surface area contributed by atoms with Gasteiger partial charge in [-0.3, -0.25) is 0 Å². The number of phenols is 2. The Labute approximate surface area is 156 Å². The normalized spacial score (nSPS) is 16.8. The highest BCUT2D eigenvalue weighted by Crippen LogP contribution is 2.32. The molecule has 0 saturated carbocycles. The van der Waals surface area contributed by atoms with Gasteiger partial charge in [-0.1, -0.05) is 0 Å². The lowest BCUT2D eigenvalue weighted by Gasteiger charge is -2.10. The summed E-state index contributed by atoms with van der Waals surface area (Å²) < 4.78 is 1.23. The van der Waals surface area contributed by atoms with Crippen LogP contribution < -0.4 is 4.99 Å². The van der Waals surface area contributed by atoms with Crippen molar-refractivity contribution in [2.24, 2.45) is 0 Å². The van der Waals surface area contributed by atoms with Gasteiger partial charge in [-0.05, 0) is 23.8 Å². The number of benzene rings is 1. The maximum atomic E-state index is 11.5. The number of carboxylic acid groups (broad SMARTS) is 3. The molecule has 0 amide bonds. The van der Waals surface area contributed by atoms with Gasteiger partial charge in [0, 0.05) is 30.1 Å². The molecule has 1 aliphatic rings. The van der Waals surface area contributed by atoms with Gasteiger partial charge in [0.1, 0.15) is 5.69 Å². The molecule has 144 valence electrons. The minimum atomic E-state index is -1.32. The first-order valence-corrected chi connectivity index (χ1v) is 7.96. The maximum absolute atomic E-state index is 11.5. The lowest BCUT2D eigenvalue weighted by Crippen LogP contribution is -2.84. The number of phenolic OH excluding ortho intramolecular Hbond substituents is 2. The van der Waals surface area contributed by atoms with Gasteiger partial charge >= 0.3 is 17.9 Å². The van der Waals surface area contributed by atoms with Crippen LogP contribution in [0.2, 0.25) is 0 Å². The number of aromatic hydroxyl groups is 2. The molecule has 1 aromatic carbocycles. The monoisotopic (exact) mass is 387 g/mol. The van der Waals surface area contributed by atoms with Crippen LogP contribution in [0, 0.1) is 0 Å². The topological polar surface area (TPSA) is 171 Å². The summed E-state index contributed by atoms with van der Waals surface area (Å²) in [5.41, 5.74) is 0.181. The van der Waals surface area contributed by atoms with Crippen molar-refractivity contribution >= 4 is 40.7 Å². The summed E-state index contributed by atoms with van der Waals surface area (Å²) in [4.78, 5) is 36.4. The van der Waals surface area contributed by atoms with E-state index in [1.807, 2.05) is 0 Å². The highest BCUT2D eigenvalue weighted by Gasteiger charge is 2.30. The zero-order chi connectivity index (χ0) is 20.6. The van der Waals surface area contributed by atoms with Gasteiger partial charge in [0.15, 0.2) is 11.5 Å². The largest absolute Gasteiger partial charge is 0.504 e. The molecule has 0 radical (unpaired) electrons. The fraction of sp³-hybridized carbons (Fsp3) is 0.111. The summed E-state index contributed by atoms with van der Waals surface area (Å²) >= 11 is 0. The van der Waals surface area contributed by atoms with Gasteiger partial charge in [0.05, 0.1) is 5.52 Å². The van der Waals surface area contributed by atoms with Crippen LogP contribution in [0.3, 0.4) is 0 Å². The Kier molecular flexibility index (Phi) is 4.62. The number of hydrogen-bond donors (Lipinski definition) is 6. The molecule has 0 aliphatic carbocycles. The van der Waals surface area contributed by atoms with Crippen molar-refractivity contribution in [2.45, 2.75) is 12.5 Å². The molecular formula is C18H15N2O8+. The minimum absolute atomic E-state index is 0.0176. The van der Waals surface area contributed by atoms with Gasteiger partial charge in [0.2, 0.25) is 0 Å². The first-order valence-electron chi connectivity index (χ1n) is 7.96. The van der Waals surface area contributed by atoms with Gasteiger partial charge < -0.3 is 30.1 Å². The zero-order valence-corrected chi connectivity index (χ0v) is 14.2. The summed E-state index contributed by atoms with van der Waals surface area (Å²) in [5.74, 6) is -4.66. The third-order valence-corrected chi connectivity index (χ3v) is 4.22. The van der Waals surface area contributed by atoms with Crippen molar-refractivity contribution in [2.75, 3.05) is 0 Å². The third kappa shape index (κ3) is 3.43. The van der Waals surface area contributed by atoms with Crippen molar-refractivity contribution in [3.05, 3.63) is 41.6 Å². The van der Waals surface area contributed by atoms with E-state index in [1.165, 1.54) is 41.1 Å². The Morgan fingerprint density at radius 1 is 1.04 bits per heavy atom. The predicted molar refractivity (Wildman–Crippen MR) is 95.3 cm³/mol. The molecule has 28 heavy (non-hydrogen) atoms. The summed E-state index contributed by atoms with van der Waals surface area (Å²) in [7, 11) is 0. The number of rotatable bonds is 5. The predicted octanol–water partition coefficient (Wildman–Crippen LogP) is -0.389. The number of fused-ring (bicyclic) bond motifs is 1. The van der Waals surface area contributed by atoms with Crippen molar-refractivity contribution in [1.29, 1.82) is 0 Å². The highest BCUT2D eigenvalue weighted by molar-refractivity contribution is 6.38. The summed E-state index contributed by atoms with van der Waals surface area (Å²) in [6.45, 7) is 0. The molecule has 0 spiro atoms. The first kappa shape index (κ1) is 18.7. The van der Waals surface area contributed by atoms with E-state index in [4.69, 9.17) is 10.2 Å². The molecular weight excluding hydrogens is 372 g/mol. The van der Waals surface area contributed by atoms with Crippen LogP contribution in [-0.2, 0) is 9.59 Å². The van der Waals surface area contributed by atoms with Crippen molar-refractivity contribution in [3.63, 3.8) is 0 Å². The number of aromatic nitrogens is 1. The van der Waals surface area contributed by atoms with Crippen LogP contribution in [0.15, 0.2) is 35.9 Å². The van der Waals surface area contributed by atoms with Gasteiger partial charge in [-0.25, -0.2) is 19.4 Å².